The zero-order chi connectivity index (χ0) is 12.1. The van der Waals surface area contributed by atoms with E-state index < -0.39 is 17.3 Å². The van der Waals surface area contributed by atoms with Crippen molar-refractivity contribution in [1.29, 1.82) is 0 Å². The van der Waals surface area contributed by atoms with Crippen LogP contribution in [0.3, 0.4) is 0 Å². The molecule has 0 rings (SSSR count). The van der Waals surface area contributed by atoms with E-state index >= 15 is 0 Å². The van der Waals surface area contributed by atoms with Crippen molar-refractivity contribution < 1.29 is 17.2 Å². The summed E-state index contributed by atoms with van der Waals surface area (Å²) in [6.07, 6.45) is 0.821. The number of hydrogen-bond acceptors (Lipinski definition) is 4. The predicted octanol–water partition coefficient (Wildman–Crippen LogP) is 2.35. The van der Waals surface area contributed by atoms with Gasteiger partial charge in [0, 0.05) is 0 Å². The Balaban J connectivity index is 4.44. The normalized spacial score (nSPS) is 13.4. The summed E-state index contributed by atoms with van der Waals surface area (Å²) in [6, 6.07) is 0. The van der Waals surface area contributed by atoms with Gasteiger partial charge < -0.3 is 4.57 Å². The molecule has 0 saturated heterocycles. The molecule has 0 aliphatic carbocycles. The molecule has 0 bridgehead atoms. The van der Waals surface area contributed by atoms with E-state index in [1.807, 2.05) is 13.8 Å². The van der Waals surface area contributed by atoms with Crippen molar-refractivity contribution in [2.75, 3.05) is 24.4 Å². The van der Waals surface area contributed by atoms with Crippen molar-refractivity contribution in [3.05, 3.63) is 0 Å². The van der Waals surface area contributed by atoms with Gasteiger partial charge in [0.05, 0.1) is 6.61 Å². The van der Waals surface area contributed by atoms with E-state index in [4.69, 9.17) is 4.18 Å². The van der Waals surface area contributed by atoms with Crippen LogP contribution in [0.5, 0.6) is 0 Å². The average Bonchev–Trinajstić information content (AvgIpc) is 2.14. The molecule has 4 nitrogen and oxygen atoms in total. The van der Waals surface area contributed by atoms with Crippen molar-refractivity contribution in [2.24, 2.45) is 5.92 Å². The van der Waals surface area contributed by atoms with E-state index in [9.17, 15) is 13.0 Å². The van der Waals surface area contributed by atoms with Gasteiger partial charge in [-0.3, -0.25) is 4.18 Å². The average molecular weight is 256 g/mol. The molecule has 0 fully saturated rings. The highest BCUT2D eigenvalue weighted by atomic mass is 32.2. The predicted molar refractivity (Wildman–Crippen MR) is 63.3 cm³/mol. The fraction of sp³-hybridized carbons (Fsp3) is 1.00. The summed E-state index contributed by atoms with van der Waals surface area (Å²) in [5.74, 6) is 0.155. The Morgan fingerprint density at radius 1 is 1.20 bits per heavy atom. The highest BCUT2D eigenvalue weighted by Gasteiger charge is 2.26. The van der Waals surface area contributed by atoms with Crippen LogP contribution in [-0.4, -0.2) is 32.8 Å². The maximum atomic E-state index is 12.0. The largest absolute Gasteiger partial charge is 0.322 e. The van der Waals surface area contributed by atoms with E-state index in [0.717, 1.165) is 0 Å². The molecule has 0 aromatic heterocycles. The maximum Gasteiger partial charge on any atom is 0.274 e. The van der Waals surface area contributed by atoms with Crippen LogP contribution in [0.25, 0.3) is 0 Å². The molecule has 0 heterocycles. The molecule has 0 amide bonds. The van der Waals surface area contributed by atoms with E-state index in [-0.39, 0.29) is 18.0 Å². The van der Waals surface area contributed by atoms with Gasteiger partial charge in [0.2, 0.25) is 0 Å². The molecule has 0 saturated carbocycles. The van der Waals surface area contributed by atoms with Crippen molar-refractivity contribution in [1.82, 2.24) is 0 Å². The molecule has 0 aliphatic rings. The number of hydrogen-bond donors (Lipinski definition) is 0. The third-order valence-electron chi connectivity index (χ3n) is 2.13. The molecule has 0 N–H and O–H groups in total. The molecule has 15 heavy (non-hydrogen) atoms. The van der Waals surface area contributed by atoms with Gasteiger partial charge in [0.15, 0.2) is 0 Å². The first kappa shape index (κ1) is 15.1. The molecular formula is C9H21O4PS. The lowest BCUT2D eigenvalue weighted by atomic mass is 10.2. The molecule has 92 valence electrons. The summed E-state index contributed by atoms with van der Waals surface area (Å²) >= 11 is 0. The molecule has 0 aliphatic heterocycles. The van der Waals surface area contributed by atoms with Crippen LogP contribution in [0.15, 0.2) is 0 Å². The smallest absolute Gasteiger partial charge is 0.274 e. The van der Waals surface area contributed by atoms with Crippen molar-refractivity contribution in [3.8, 4) is 0 Å². The zero-order valence-electron chi connectivity index (χ0n) is 9.89. The van der Waals surface area contributed by atoms with Crippen LogP contribution in [0.1, 0.15) is 27.7 Å². The minimum absolute atomic E-state index is 0.155. The molecule has 0 aromatic rings. The molecule has 0 aromatic carbocycles. The van der Waals surface area contributed by atoms with Gasteiger partial charge in [-0.1, -0.05) is 27.7 Å². The van der Waals surface area contributed by atoms with Crippen LogP contribution in [0.4, 0.5) is 0 Å². The lowest BCUT2D eigenvalue weighted by Gasteiger charge is -2.14. The van der Waals surface area contributed by atoms with E-state index in [1.54, 1.807) is 13.8 Å². The minimum Gasteiger partial charge on any atom is -0.322 e. The molecule has 0 unspecified atom stereocenters. The molecular weight excluding hydrogens is 235 g/mol. The second kappa shape index (κ2) is 6.02. The SMILES string of the molecule is CCP(=O)(CC)CS(=O)(=O)OCC(C)C. The second-order valence-corrected chi connectivity index (χ2v) is 9.82. The highest BCUT2D eigenvalue weighted by molar-refractivity contribution is 7.95. The summed E-state index contributed by atoms with van der Waals surface area (Å²) < 4.78 is 39.7. The molecule has 6 heteroatoms. The fourth-order valence-corrected chi connectivity index (χ4v) is 5.96. The van der Waals surface area contributed by atoms with E-state index in [2.05, 4.69) is 0 Å². The standard InChI is InChI=1S/C9H21O4PS/c1-5-14(10,6-2)8-15(11,12)13-7-9(3)4/h9H,5-8H2,1-4H3. The number of rotatable bonds is 7. The first-order valence-corrected chi connectivity index (χ1v) is 9.03. The Labute approximate surface area is 92.9 Å². The van der Waals surface area contributed by atoms with Crippen LogP contribution >= 0.6 is 7.14 Å². The monoisotopic (exact) mass is 256 g/mol. The quantitative estimate of drug-likeness (QED) is 0.518. The third kappa shape index (κ3) is 6.33. The zero-order valence-corrected chi connectivity index (χ0v) is 11.6. The Bertz CT molecular complexity index is 313. The van der Waals surface area contributed by atoms with Crippen LogP contribution in [-0.2, 0) is 18.9 Å². The molecule has 0 spiro atoms. The third-order valence-corrected chi connectivity index (χ3v) is 8.07. The minimum atomic E-state index is -3.62. The topological polar surface area (TPSA) is 60.4 Å². The van der Waals surface area contributed by atoms with Gasteiger partial charge in [-0.2, -0.15) is 8.42 Å². The van der Waals surface area contributed by atoms with Crippen molar-refractivity contribution in [2.45, 2.75) is 27.7 Å². The van der Waals surface area contributed by atoms with E-state index in [1.165, 1.54) is 0 Å². The molecule has 0 atom stereocenters. The first-order chi connectivity index (χ1) is 6.74. The van der Waals surface area contributed by atoms with Crippen LogP contribution < -0.4 is 0 Å². The Hall–Kier alpha value is 0.140. The maximum absolute atomic E-state index is 12.0. The van der Waals surface area contributed by atoms with Gasteiger partial charge in [-0.15, -0.1) is 0 Å². The highest BCUT2D eigenvalue weighted by Crippen LogP contribution is 2.45. The summed E-state index contributed by atoms with van der Waals surface area (Å²) in [7, 11) is -6.20. The first-order valence-electron chi connectivity index (χ1n) is 5.19. The van der Waals surface area contributed by atoms with Crippen molar-refractivity contribution >= 4 is 17.3 Å². The van der Waals surface area contributed by atoms with Gasteiger partial charge >= 0.3 is 0 Å². The Morgan fingerprint density at radius 3 is 2.00 bits per heavy atom. The summed E-state index contributed by atoms with van der Waals surface area (Å²) in [6.45, 7) is 7.41. The lowest BCUT2D eigenvalue weighted by molar-refractivity contribution is 0.277. The Kier molecular flexibility index (Phi) is 6.08. The molecule has 0 radical (unpaired) electrons. The van der Waals surface area contributed by atoms with E-state index in [0.29, 0.717) is 12.3 Å². The van der Waals surface area contributed by atoms with Crippen LogP contribution in [0.2, 0.25) is 0 Å². The second-order valence-electron chi connectivity index (χ2n) is 4.06. The van der Waals surface area contributed by atoms with Crippen molar-refractivity contribution in [3.63, 3.8) is 0 Å². The summed E-state index contributed by atoms with van der Waals surface area (Å²) in [5, 5.41) is 0. The fourth-order valence-electron chi connectivity index (χ4n) is 0.971. The van der Waals surface area contributed by atoms with Gasteiger partial charge in [-0.25, -0.2) is 0 Å². The van der Waals surface area contributed by atoms with Gasteiger partial charge in [0.25, 0.3) is 10.1 Å². The van der Waals surface area contributed by atoms with Crippen LogP contribution in [0, 0.1) is 5.92 Å². The summed E-state index contributed by atoms with van der Waals surface area (Å²) in [4.78, 5) is 0. The van der Waals surface area contributed by atoms with Gasteiger partial charge in [-0.05, 0) is 18.2 Å². The lowest BCUT2D eigenvalue weighted by Crippen LogP contribution is -2.15. The Morgan fingerprint density at radius 2 is 1.67 bits per heavy atom. The summed E-state index contributed by atoms with van der Waals surface area (Å²) in [5.41, 5.74) is -0.320. The van der Waals surface area contributed by atoms with Gasteiger partial charge in [0.1, 0.15) is 12.6 Å².